The molecule has 10 rings (SSSR count). The molecule has 1 aromatic heterocycles. The van der Waals surface area contributed by atoms with Crippen molar-refractivity contribution in [1.29, 1.82) is 0 Å². The number of nitrogens with zero attached hydrogens (tertiary/aromatic N) is 5. The van der Waals surface area contributed by atoms with Crippen molar-refractivity contribution in [3.05, 3.63) is 246 Å². The lowest BCUT2D eigenvalue weighted by Crippen LogP contribution is -2.17. The molecule has 0 unspecified atom stereocenters. The minimum Gasteiger partial charge on any atom is -0.309 e. The maximum Gasteiger partial charge on any atom is 0.238 e. The highest BCUT2D eigenvalue weighted by molar-refractivity contribution is 5.87. The standard InChI is InChI=1S/C63H53N5/c1-42-34-44(3)59(45(4)35-42)68(60-46(5)36-43(2)37-47(60)6)57-32-30-56(31-33-57)67(58-40-54(49-22-13-8-14-23-49)39-55(41-58)50-24-15-9-16-25-50)63-65-61(51-26-17-10-18-27-51)64-62(66-63)53-29-19-28-52(38-53)48-20-11-7-12-21-48/h7-41H,1-6H3. The van der Waals surface area contributed by atoms with Gasteiger partial charge in [0.25, 0.3) is 0 Å². The Morgan fingerprint density at radius 2 is 0.618 bits per heavy atom. The van der Waals surface area contributed by atoms with Crippen molar-refractivity contribution in [2.75, 3.05) is 9.80 Å². The molecule has 10 aromatic rings. The molecule has 5 nitrogen and oxygen atoms in total. The molecule has 0 aliphatic rings. The smallest absolute Gasteiger partial charge is 0.238 e. The first kappa shape index (κ1) is 43.5. The van der Waals surface area contributed by atoms with E-state index in [1.54, 1.807) is 0 Å². The number of anilines is 6. The highest BCUT2D eigenvalue weighted by Crippen LogP contribution is 2.45. The molecule has 0 bridgehead atoms. The molecule has 5 heteroatoms. The van der Waals surface area contributed by atoms with E-state index >= 15 is 0 Å². The van der Waals surface area contributed by atoms with Crippen molar-refractivity contribution in [2.24, 2.45) is 0 Å². The van der Waals surface area contributed by atoms with Crippen LogP contribution < -0.4 is 9.80 Å². The molecule has 0 radical (unpaired) electrons. The van der Waals surface area contributed by atoms with E-state index in [1.807, 2.05) is 24.3 Å². The Bertz CT molecular complexity index is 3220. The minimum atomic E-state index is 0.503. The molecule has 0 amide bonds. The lowest BCUT2D eigenvalue weighted by atomic mass is 9.97. The summed E-state index contributed by atoms with van der Waals surface area (Å²) in [6, 6.07) is 75.1. The van der Waals surface area contributed by atoms with Gasteiger partial charge in [0.1, 0.15) is 0 Å². The SMILES string of the molecule is Cc1cc(C)c(N(c2ccc(N(c3cc(-c4ccccc4)cc(-c4ccccc4)c3)c3nc(-c4ccccc4)nc(-c4cccc(-c5ccccc5)c4)n3)cc2)c2c(C)cc(C)cc2C)c(C)c1. The summed E-state index contributed by atoms with van der Waals surface area (Å²) in [5.41, 5.74) is 21.0. The van der Waals surface area contributed by atoms with Crippen LogP contribution in [0.15, 0.2) is 212 Å². The predicted octanol–water partition coefficient (Wildman–Crippen LogP) is 17.0. The van der Waals surface area contributed by atoms with Crippen LogP contribution in [0.3, 0.4) is 0 Å². The zero-order valence-electron chi connectivity index (χ0n) is 39.4. The van der Waals surface area contributed by atoms with Gasteiger partial charge in [0.15, 0.2) is 11.6 Å². The second-order valence-corrected chi connectivity index (χ2v) is 17.8. The van der Waals surface area contributed by atoms with Crippen molar-refractivity contribution in [3.63, 3.8) is 0 Å². The number of aryl methyl sites for hydroxylation is 6. The second-order valence-electron chi connectivity index (χ2n) is 17.8. The number of rotatable bonds is 11. The van der Waals surface area contributed by atoms with Gasteiger partial charge in [0.05, 0.1) is 17.1 Å². The Morgan fingerprint density at radius 1 is 0.265 bits per heavy atom. The molecule has 0 saturated carbocycles. The zero-order valence-corrected chi connectivity index (χ0v) is 39.4. The molecule has 0 aliphatic heterocycles. The minimum absolute atomic E-state index is 0.503. The molecule has 330 valence electrons. The molecule has 0 saturated heterocycles. The average Bonchev–Trinajstić information content (AvgIpc) is 3.36. The van der Waals surface area contributed by atoms with Crippen molar-refractivity contribution < 1.29 is 0 Å². The summed E-state index contributed by atoms with van der Waals surface area (Å²) in [7, 11) is 0. The summed E-state index contributed by atoms with van der Waals surface area (Å²) < 4.78 is 0. The van der Waals surface area contributed by atoms with E-state index in [4.69, 9.17) is 15.0 Å². The largest absolute Gasteiger partial charge is 0.309 e. The molecule has 0 atom stereocenters. The van der Waals surface area contributed by atoms with Gasteiger partial charge in [0, 0.05) is 22.5 Å². The van der Waals surface area contributed by atoms with Crippen LogP contribution in [0.1, 0.15) is 33.4 Å². The lowest BCUT2D eigenvalue weighted by Gasteiger charge is -2.32. The van der Waals surface area contributed by atoms with Crippen LogP contribution in [0.2, 0.25) is 0 Å². The number of hydrogen-bond acceptors (Lipinski definition) is 5. The van der Waals surface area contributed by atoms with E-state index in [1.165, 1.54) is 44.8 Å². The summed E-state index contributed by atoms with van der Waals surface area (Å²) in [6.07, 6.45) is 0. The highest BCUT2D eigenvalue weighted by atomic mass is 15.3. The number of benzene rings is 9. The van der Waals surface area contributed by atoms with Gasteiger partial charge >= 0.3 is 0 Å². The molecule has 1 heterocycles. The molecule has 0 N–H and O–H groups in total. The third-order valence-electron chi connectivity index (χ3n) is 12.6. The van der Waals surface area contributed by atoms with Crippen LogP contribution in [0.25, 0.3) is 56.2 Å². The van der Waals surface area contributed by atoms with E-state index < -0.39 is 0 Å². The van der Waals surface area contributed by atoms with Gasteiger partial charge in [-0.2, -0.15) is 9.97 Å². The van der Waals surface area contributed by atoms with E-state index in [9.17, 15) is 0 Å². The van der Waals surface area contributed by atoms with E-state index in [0.717, 1.165) is 61.6 Å². The van der Waals surface area contributed by atoms with Crippen LogP contribution >= 0.6 is 0 Å². The first-order chi connectivity index (χ1) is 33.2. The summed E-state index contributed by atoms with van der Waals surface area (Å²) in [5.74, 6) is 1.67. The molecular weight excluding hydrogens is 827 g/mol. The van der Waals surface area contributed by atoms with Crippen LogP contribution in [-0.2, 0) is 0 Å². The fraction of sp³-hybridized carbons (Fsp3) is 0.0952. The van der Waals surface area contributed by atoms with Crippen molar-refractivity contribution in [3.8, 4) is 56.2 Å². The Hall–Kier alpha value is -8.41. The summed E-state index contributed by atoms with van der Waals surface area (Å²) in [4.78, 5) is 20.6. The number of aromatic nitrogens is 3. The van der Waals surface area contributed by atoms with Crippen molar-refractivity contribution in [2.45, 2.75) is 41.5 Å². The first-order valence-electron chi connectivity index (χ1n) is 23.3. The Kier molecular flexibility index (Phi) is 12.0. The lowest BCUT2D eigenvalue weighted by molar-refractivity contribution is 1.02. The normalized spacial score (nSPS) is 11.1. The van der Waals surface area contributed by atoms with Gasteiger partial charge in [-0.3, -0.25) is 4.90 Å². The quantitative estimate of drug-likeness (QED) is 0.130. The second kappa shape index (κ2) is 18.8. The van der Waals surface area contributed by atoms with E-state index in [0.29, 0.717) is 17.6 Å². The van der Waals surface area contributed by atoms with E-state index in [2.05, 4.69) is 239 Å². The van der Waals surface area contributed by atoms with Gasteiger partial charge < -0.3 is 4.90 Å². The van der Waals surface area contributed by atoms with Gasteiger partial charge in [-0.25, -0.2) is 4.98 Å². The topological polar surface area (TPSA) is 45.2 Å². The molecule has 68 heavy (non-hydrogen) atoms. The number of hydrogen-bond donors (Lipinski definition) is 0. The van der Waals surface area contributed by atoms with Crippen molar-refractivity contribution >= 4 is 34.4 Å². The molecular formula is C63H53N5. The van der Waals surface area contributed by atoms with Crippen molar-refractivity contribution in [1.82, 2.24) is 15.0 Å². The molecule has 0 spiro atoms. The molecule has 0 fully saturated rings. The third-order valence-corrected chi connectivity index (χ3v) is 12.6. The summed E-state index contributed by atoms with van der Waals surface area (Å²) >= 11 is 0. The highest BCUT2D eigenvalue weighted by Gasteiger charge is 2.25. The fourth-order valence-corrected chi connectivity index (χ4v) is 9.66. The Balaban J connectivity index is 1.22. The van der Waals surface area contributed by atoms with Crippen LogP contribution in [0, 0.1) is 41.5 Å². The Morgan fingerprint density at radius 3 is 1.07 bits per heavy atom. The zero-order chi connectivity index (χ0) is 46.7. The van der Waals surface area contributed by atoms with Crippen LogP contribution in [-0.4, -0.2) is 15.0 Å². The van der Waals surface area contributed by atoms with Gasteiger partial charge in [0.2, 0.25) is 5.95 Å². The molecule has 0 aliphatic carbocycles. The maximum absolute atomic E-state index is 5.43. The molecule has 9 aromatic carbocycles. The van der Waals surface area contributed by atoms with Crippen LogP contribution in [0.5, 0.6) is 0 Å². The maximum atomic E-state index is 5.43. The first-order valence-corrected chi connectivity index (χ1v) is 23.3. The summed E-state index contributed by atoms with van der Waals surface area (Å²) in [5, 5.41) is 0. The fourth-order valence-electron chi connectivity index (χ4n) is 9.66. The average molecular weight is 880 g/mol. The third kappa shape index (κ3) is 8.94. The van der Waals surface area contributed by atoms with Gasteiger partial charge in [-0.05, 0) is 146 Å². The summed E-state index contributed by atoms with van der Waals surface area (Å²) in [6.45, 7) is 13.2. The monoisotopic (exact) mass is 879 g/mol. The Labute approximate surface area is 400 Å². The van der Waals surface area contributed by atoms with Gasteiger partial charge in [-0.1, -0.05) is 175 Å². The van der Waals surface area contributed by atoms with Gasteiger partial charge in [-0.15, -0.1) is 0 Å². The van der Waals surface area contributed by atoms with E-state index in [-0.39, 0.29) is 0 Å². The van der Waals surface area contributed by atoms with Crippen LogP contribution in [0.4, 0.5) is 34.4 Å². The predicted molar refractivity (Wildman–Crippen MR) is 285 cm³/mol.